The Hall–Kier alpha value is -2.54. The lowest BCUT2D eigenvalue weighted by Gasteiger charge is -2.23. The molecule has 0 fully saturated rings. The van der Waals surface area contributed by atoms with E-state index >= 15 is 0 Å². The van der Waals surface area contributed by atoms with Gasteiger partial charge in [-0.25, -0.2) is 9.59 Å². The van der Waals surface area contributed by atoms with E-state index in [0.29, 0.717) is 6.42 Å². The number of allylic oxidation sites excluding steroid dienone is 2. The van der Waals surface area contributed by atoms with E-state index in [4.69, 9.17) is 0 Å². The second kappa shape index (κ2) is 5.40. The second-order valence-corrected chi connectivity index (χ2v) is 4.30. The number of rotatable bonds is 3. The van der Waals surface area contributed by atoms with Crippen LogP contribution in [0.4, 0.5) is 0 Å². The van der Waals surface area contributed by atoms with E-state index < -0.39 is 5.66 Å². The molecule has 2 rings (SSSR count). The van der Waals surface area contributed by atoms with Crippen molar-refractivity contribution >= 4 is 17.7 Å². The Kier molecular flexibility index (Phi) is 3.67. The van der Waals surface area contributed by atoms with Crippen molar-refractivity contribution in [2.45, 2.75) is 19.0 Å². The van der Waals surface area contributed by atoms with Crippen molar-refractivity contribution in [3.05, 3.63) is 53.6 Å². The van der Waals surface area contributed by atoms with Gasteiger partial charge >= 0.3 is 0 Å². The molecule has 0 spiro atoms. The van der Waals surface area contributed by atoms with Gasteiger partial charge in [0.05, 0.1) is 0 Å². The second-order valence-electron chi connectivity index (χ2n) is 4.30. The van der Waals surface area contributed by atoms with Crippen LogP contribution in [0.15, 0.2) is 58.0 Å². The van der Waals surface area contributed by atoms with Gasteiger partial charge in [-0.05, 0) is 29.7 Å². The Balaban J connectivity index is 2.42. The fourth-order valence-electron chi connectivity index (χ4n) is 2.20. The highest BCUT2D eigenvalue weighted by atomic mass is 16.1. The zero-order chi connectivity index (χ0) is 13.7. The van der Waals surface area contributed by atoms with Crippen LogP contribution in [-0.2, 0) is 9.59 Å². The summed E-state index contributed by atoms with van der Waals surface area (Å²) in [6, 6.07) is 9.87. The highest BCUT2D eigenvalue weighted by Crippen LogP contribution is 2.34. The molecule has 0 unspecified atom stereocenters. The number of aliphatic imine (C=N–C) groups is 2. The van der Waals surface area contributed by atoms with Gasteiger partial charge in [0.15, 0.2) is 5.66 Å². The maximum absolute atomic E-state index is 10.5. The van der Waals surface area contributed by atoms with Gasteiger partial charge in [-0.2, -0.15) is 9.98 Å². The molecule has 94 valence electrons. The van der Waals surface area contributed by atoms with Crippen molar-refractivity contribution in [2.24, 2.45) is 9.98 Å². The molecule has 0 aliphatic heterocycles. The minimum atomic E-state index is -1.17. The van der Waals surface area contributed by atoms with Crippen LogP contribution in [0.3, 0.4) is 0 Å². The van der Waals surface area contributed by atoms with E-state index in [-0.39, 0.29) is 0 Å². The third-order valence-electron chi connectivity index (χ3n) is 3.04. The molecule has 0 N–H and O–H groups in total. The smallest absolute Gasteiger partial charge is 0.211 e. The summed E-state index contributed by atoms with van der Waals surface area (Å²) in [5.41, 5.74) is 1.87. The Bertz CT molecular complexity index is 613. The molecule has 4 heteroatoms. The molecule has 19 heavy (non-hydrogen) atoms. The molecule has 0 amide bonds. The predicted molar refractivity (Wildman–Crippen MR) is 71.8 cm³/mol. The van der Waals surface area contributed by atoms with Gasteiger partial charge in [-0.3, -0.25) is 0 Å². The highest BCUT2D eigenvalue weighted by Gasteiger charge is 2.29. The quantitative estimate of drug-likeness (QED) is 0.613. The van der Waals surface area contributed by atoms with Gasteiger partial charge in [0.2, 0.25) is 12.2 Å². The molecule has 1 aromatic rings. The van der Waals surface area contributed by atoms with Gasteiger partial charge in [-0.15, -0.1) is 0 Å². The van der Waals surface area contributed by atoms with E-state index in [2.05, 4.69) is 9.98 Å². The van der Waals surface area contributed by atoms with Crippen molar-refractivity contribution < 1.29 is 9.59 Å². The average molecular weight is 252 g/mol. The number of nitrogens with zero attached hydrogens (tertiary/aromatic N) is 2. The zero-order valence-corrected chi connectivity index (χ0v) is 10.5. The maximum atomic E-state index is 10.5. The molecule has 1 aliphatic rings. The van der Waals surface area contributed by atoms with Crippen LogP contribution >= 0.6 is 0 Å². The van der Waals surface area contributed by atoms with Crippen LogP contribution in [0.25, 0.3) is 5.57 Å². The summed E-state index contributed by atoms with van der Waals surface area (Å²) in [7, 11) is 0. The number of benzene rings is 1. The van der Waals surface area contributed by atoms with Crippen molar-refractivity contribution in [3.63, 3.8) is 0 Å². The summed E-state index contributed by atoms with van der Waals surface area (Å²) in [5, 5.41) is 0. The summed E-state index contributed by atoms with van der Waals surface area (Å²) < 4.78 is 0. The first-order valence-electron chi connectivity index (χ1n) is 5.84. The third kappa shape index (κ3) is 2.66. The minimum Gasteiger partial charge on any atom is -0.211 e. The van der Waals surface area contributed by atoms with Crippen molar-refractivity contribution in [2.75, 3.05) is 0 Å². The standard InChI is InChI=1S/C15H12N2O2/c1-12-9-15(16-10-18,17-11-19)8-7-14(12)13-5-3-2-4-6-13/h2-7,9H,8H2,1H3. The largest absolute Gasteiger partial charge is 0.237 e. The minimum absolute atomic E-state index is 0.346. The molecule has 0 bridgehead atoms. The zero-order valence-electron chi connectivity index (χ0n) is 10.5. The first-order chi connectivity index (χ1) is 9.21. The first kappa shape index (κ1) is 12.9. The summed E-state index contributed by atoms with van der Waals surface area (Å²) in [4.78, 5) is 28.2. The number of isocyanates is 2. The van der Waals surface area contributed by atoms with E-state index in [1.807, 2.05) is 43.3 Å². The first-order valence-corrected chi connectivity index (χ1v) is 5.84. The molecule has 0 aromatic heterocycles. The van der Waals surface area contributed by atoms with Crippen LogP contribution in [0.5, 0.6) is 0 Å². The van der Waals surface area contributed by atoms with Gasteiger partial charge < -0.3 is 0 Å². The summed E-state index contributed by atoms with van der Waals surface area (Å²) in [6.45, 7) is 1.90. The van der Waals surface area contributed by atoms with Crippen LogP contribution < -0.4 is 0 Å². The molecule has 4 nitrogen and oxygen atoms in total. The number of carbonyl (C=O) groups excluding carboxylic acids is 2. The molecule has 1 aliphatic carbocycles. The van der Waals surface area contributed by atoms with Crippen LogP contribution in [0, 0.1) is 0 Å². The average Bonchev–Trinajstić information content (AvgIpc) is 2.40. The maximum Gasteiger partial charge on any atom is 0.237 e. The Morgan fingerprint density at radius 1 is 1.11 bits per heavy atom. The lowest BCUT2D eigenvalue weighted by molar-refractivity contribution is 0.513. The highest BCUT2D eigenvalue weighted by molar-refractivity contribution is 5.80. The molecule has 0 saturated heterocycles. The molecular formula is C15H12N2O2. The summed E-state index contributed by atoms with van der Waals surface area (Å²) in [6.07, 6.45) is 6.90. The van der Waals surface area contributed by atoms with Crippen LogP contribution in [-0.4, -0.2) is 17.8 Å². The SMILES string of the molecule is CC1=CC(N=C=O)(N=C=O)CC=C1c1ccccc1. The lowest BCUT2D eigenvalue weighted by Crippen LogP contribution is -2.23. The number of hydrogen-bond acceptors (Lipinski definition) is 4. The molecule has 0 radical (unpaired) electrons. The van der Waals surface area contributed by atoms with Gasteiger partial charge in [0.25, 0.3) is 0 Å². The van der Waals surface area contributed by atoms with Gasteiger partial charge in [0, 0.05) is 6.42 Å². The normalized spacial score (nSPS) is 21.5. The fraction of sp³-hybridized carbons (Fsp3) is 0.200. The van der Waals surface area contributed by atoms with E-state index in [1.165, 1.54) is 12.2 Å². The Labute approximate surface area is 110 Å². The molecular weight excluding hydrogens is 240 g/mol. The van der Waals surface area contributed by atoms with Crippen LogP contribution in [0.1, 0.15) is 18.9 Å². The fourth-order valence-corrected chi connectivity index (χ4v) is 2.20. The molecule has 0 saturated carbocycles. The Morgan fingerprint density at radius 3 is 2.26 bits per heavy atom. The van der Waals surface area contributed by atoms with Gasteiger partial charge in [0.1, 0.15) is 0 Å². The molecule has 0 heterocycles. The third-order valence-corrected chi connectivity index (χ3v) is 3.04. The van der Waals surface area contributed by atoms with Crippen molar-refractivity contribution in [3.8, 4) is 0 Å². The van der Waals surface area contributed by atoms with Crippen molar-refractivity contribution in [1.29, 1.82) is 0 Å². The lowest BCUT2D eigenvalue weighted by atomic mass is 9.88. The van der Waals surface area contributed by atoms with Crippen LogP contribution in [0.2, 0.25) is 0 Å². The van der Waals surface area contributed by atoms with E-state index in [0.717, 1.165) is 16.7 Å². The predicted octanol–water partition coefficient (Wildman–Crippen LogP) is 2.79. The molecule has 1 aromatic carbocycles. The number of hydrogen-bond donors (Lipinski definition) is 0. The van der Waals surface area contributed by atoms with E-state index in [1.54, 1.807) is 6.08 Å². The topological polar surface area (TPSA) is 58.9 Å². The summed E-state index contributed by atoms with van der Waals surface area (Å²) in [5.74, 6) is 0. The van der Waals surface area contributed by atoms with Crippen molar-refractivity contribution in [1.82, 2.24) is 0 Å². The summed E-state index contributed by atoms with van der Waals surface area (Å²) >= 11 is 0. The van der Waals surface area contributed by atoms with E-state index in [9.17, 15) is 9.59 Å². The van der Waals surface area contributed by atoms with Gasteiger partial charge in [-0.1, -0.05) is 36.4 Å². The Morgan fingerprint density at radius 2 is 1.74 bits per heavy atom. The monoisotopic (exact) mass is 252 g/mol. The molecule has 0 atom stereocenters.